The Bertz CT molecular complexity index is 993. The Morgan fingerprint density at radius 2 is 1.92 bits per heavy atom. The number of thiazole rings is 1. The number of rotatable bonds is 6. The van der Waals surface area contributed by atoms with Crippen molar-refractivity contribution in [3.63, 3.8) is 0 Å². The molecule has 1 N–H and O–H groups in total. The summed E-state index contributed by atoms with van der Waals surface area (Å²) in [5, 5.41) is 6.24. The van der Waals surface area contributed by atoms with Crippen LogP contribution in [0, 0.1) is 6.92 Å². The highest BCUT2D eigenvalue weighted by atomic mass is 32.2. The topological polar surface area (TPSA) is 85.4 Å². The number of hydrogen-bond donors (Lipinski definition) is 1. The number of aromatic nitrogens is 1. The van der Waals surface area contributed by atoms with Gasteiger partial charge in [-0.1, -0.05) is 17.7 Å². The van der Waals surface area contributed by atoms with Crippen molar-refractivity contribution < 1.29 is 17.9 Å². The number of esters is 1. The van der Waals surface area contributed by atoms with Crippen molar-refractivity contribution in [1.82, 2.24) is 9.71 Å². The van der Waals surface area contributed by atoms with Crippen LogP contribution in [0.15, 0.2) is 51.4 Å². The Morgan fingerprint density at radius 1 is 1.19 bits per heavy atom. The Labute approximate surface area is 159 Å². The van der Waals surface area contributed by atoms with Crippen LogP contribution in [0.25, 0.3) is 10.6 Å². The minimum absolute atomic E-state index is 0.0937. The van der Waals surface area contributed by atoms with E-state index in [9.17, 15) is 13.2 Å². The summed E-state index contributed by atoms with van der Waals surface area (Å²) >= 11 is 2.90. The highest BCUT2D eigenvalue weighted by Crippen LogP contribution is 2.28. The fraction of sp³-hybridized carbons (Fsp3) is 0.176. The SMILES string of the molecule is Cc1ccc(S(=O)(=O)NC(C)C(=O)Oc2csc(-c3ccsc3)n2)cc1. The quantitative estimate of drug-likeness (QED) is 0.632. The van der Waals surface area contributed by atoms with Crippen molar-refractivity contribution in [2.24, 2.45) is 0 Å². The normalized spacial score (nSPS) is 12.7. The Balaban J connectivity index is 1.65. The molecule has 2 aromatic heterocycles. The maximum Gasteiger partial charge on any atom is 0.330 e. The van der Waals surface area contributed by atoms with E-state index in [0.29, 0.717) is 0 Å². The van der Waals surface area contributed by atoms with Gasteiger partial charge >= 0.3 is 5.97 Å². The molecule has 1 aromatic carbocycles. The third-order valence-corrected chi connectivity index (χ3v) is 6.58. The second kappa shape index (κ2) is 7.67. The molecule has 6 nitrogen and oxygen atoms in total. The maximum absolute atomic E-state index is 12.3. The van der Waals surface area contributed by atoms with E-state index in [1.807, 2.05) is 23.8 Å². The van der Waals surface area contributed by atoms with E-state index >= 15 is 0 Å². The molecule has 0 saturated carbocycles. The zero-order chi connectivity index (χ0) is 18.7. The standard InChI is InChI=1S/C17H16N2O4S3/c1-11-3-5-14(6-4-11)26(21,22)19-12(2)17(20)23-15-10-25-16(18-15)13-7-8-24-9-13/h3-10,12,19H,1-2H3. The summed E-state index contributed by atoms with van der Waals surface area (Å²) in [6.07, 6.45) is 0. The maximum atomic E-state index is 12.3. The van der Waals surface area contributed by atoms with Gasteiger partial charge < -0.3 is 4.74 Å². The first-order valence-electron chi connectivity index (χ1n) is 7.64. The van der Waals surface area contributed by atoms with Gasteiger partial charge in [0.15, 0.2) is 0 Å². The van der Waals surface area contributed by atoms with Crippen LogP contribution in [0.5, 0.6) is 5.88 Å². The molecular weight excluding hydrogens is 392 g/mol. The number of carbonyl (C=O) groups is 1. The van der Waals surface area contributed by atoms with E-state index in [2.05, 4.69) is 9.71 Å². The van der Waals surface area contributed by atoms with Crippen molar-refractivity contribution in [3.05, 3.63) is 52.0 Å². The Morgan fingerprint density at radius 3 is 2.58 bits per heavy atom. The molecule has 3 rings (SSSR count). The summed E-state index contributed by atoms with van der Waals surface area (Å²) in [4.78, 5) is 16.5. The zero-order valence-electron chi connectivity index (χ0n) is 14.0. The van der Waals surface area contributed by atoms with Crippen molar-refractivity contribution in [1.29, 1.82) is 0 Å². The first-order chi connectivity index (χ1) is 12.3. The summed E-state index contributed by atoms with van der Waals surface area (Å²) in [5.41, 5.74) is 1.90. The third kappa shape index (κ3) is 4.36. The van der Waals surface area contributed by atoms with Gasteiger partial charge in [0.2, 0.25) is 15.9 Å². The fourth-order valence-corrected chi connectivity index (χ4v) is 4.71. The van der Waals surface area contributed by atoms with Gasteiger partial charge in [0, 0.05) is 10.9 Å². The van der Waals surface area contributed by atoms with E-state index in [0.717, 1.165) is 16.1 Å². The van der Waals surface area contributed by atoms with Gasteiger partial charge in [0.05, 0.1) is 10.3 Å². The van der Waals surface area contributed by atoms with E-state index in [4.69, 9.17) is 4.74 Å². The largest absolute Gasteiger partial charge is 0.405 e. The Kier molecular flexibility index (Phi) is 5.52. The molecule has 0 fully saturated rings. The summed E-state index contributed by atoms with van der Waals surface area (Å²) in [5.74, 6) is -0.564. The summed E-state index contributed by atoms with van der Waals surface area (Å²) in [7, 11) is -3.81. The molecule has 0 saturated heterocycles. The number of thiophene rings is 1. The number of nitrogens with one attached hydrogen (secondary N) is 1. The van der Waals surface area contributed by atoms with Crippen LogP contribution in [0.1, 0.15) is 12.5 Å². The number of nitrogens with zero attached hydrogens (tertiary/aromatic N) is 1. The van der Waals surface area contributed by atoms with Crippen LogP contribution in [-0.2, 0) is 14.8 Å². The van der Waals surface area contributed by atoms with Gasteiger partial charge in [-0.2, -0.15) is 16.1 Å². The van der Waals surface area contributed by atoms with Crippen LogP contribution in [0.3, 0.4) is 0 Å². The molecule has 1 atom stereocenters. The fourth-order valence-electron chi connectivity index (χ4n) is 2.08. The molecule has 0 spiro atoms. The van der Waals surface area contributed by atoms with Crippen LogP contribution in [-0.4, -0.2) is 25.4 Å². The molecule has 0 aliphatic rings. The van der Waals surface area contributed by atoms with E-state index in [-0.39, 0.29) is 10.8 Å². The smallest absolute Gasteiger partial charge is 0.330 e. The molecule has 136 valence electrons. The second-order valence-corrected chi connectivity index (χ2v) is 8.93. The number of benzene rings is 1. The lowest BCUT2D eigenvalue weighted by Crippen LogP contribution is -2.40. The lowest BCUT2D eigenvalue weighted by molar-refractivity contribution is -0.136. The Hall–Kier alpha value is -2.07. The lowest BCUT2D eigenvalue weighted by Gasteiger charge is -2.12. The van der Waals surface area contributed by atoms with Crippen molar-refractivity contribution in [2.75, 3.05) is 0 Å². The minimum Gasteiger partial charge on any atom is -0.405 e. The molecule has 0 aliphatic carbocycles. The molecule has 0 bridgehead atoms. The molecule has 9 heteroatoms. The van der Waals surface area contributed by atoms with Gasteiger partial charge in [-0.15, -0.1) is 11.3 Å². The van der Waals surface area contributed by atoms with Gasteiger partial charge in [-0.3, -0.25) is 0 Å². The molecule has 2 heterocycles. The molecule has 3 aromatic rings. The average Bonchev–Trinajstić information content (AvgIpc) is 3.25. The first kappa shape index (κ1) is 18.7. The number of hydrogen-bond acceptors (Lipinski definition) is 7. The molecular formula is C17H16N2O4S3. The zero-order valence-corrected chi connectivity index (χ0v) is 16.5. The highest BCUT2D eigenvalue weighted by Gasteiger charge is 2.24. The highest BCUT2D eigenvalue weighted by molar-refractivity contribution is 7.89. The predicted octanol–water partition coefficient (Wildman–Crippen LogP) is 3.45. The van der Waals surface area contributed by atoms with Gasteiger partial charge in [0.1, 0.15) is 11.0 Å². The van der Waals surface area contributed by atoms with Gasteiger partial charge in [-0.05, 0) is 37.4 Å². The number of carbonyl (C=O) groups excluding carboxylic acids is 1. The lowest BCUT2D eigenvalue weighted by atomic mass is 10.2. The van der Waals surface area contributed by atoms with Crippen molar-refractivity contribution in [3.8, 4) is 16.5 Å². The number of sulfonamides is 1. The summed E-state index contributed by atoms with van der Waals surface area (Å²) in [6.45, 7) is 3.29. The first-order valence-corrected chi connectivity index (χ1v) is 10.9. The third-order valence-electron chi connectivity index (χ3n) is 3.47. The van der Waals surface area contributed by atoms with Crippen LogP contribution in [0.2, 0.25) is 0 Å². The second-order valence-electron chi connectivity index (χ2n) is 5.58. The van der Waals surface area contributed by atoms with Crippen molar-refractivity contribution in [2.45, 2.75) is 24.8 Å². The average molecular weight is 409 g/mol. The summed E-state index contributed by atoms with van der Waals surface area (Å²) in [6, 6.07) is 7.24. The van der Waals surface area contributed by atoms with Crippen LogP contribution in [0.4, 0.5) is 0 Å². The monoisotopic (exact) mass is 408 g/mol. The van der Waals surface area contributed by atoms with Crippen LogP contribution < -0.4 is 9.46 Å². The van der Waals surface area contributed by atoms with E-state index in [1.54, 1.807) is 28.8 Å². The van der Waals surface area contributed by atoms with Crippen molar-refractivity contribution >= 4 is 38.7 Å². The molecule has 1 unspecified atom stereocenters. The van der Waals surface area contributed by atoms with E-state index in [1.165, 1.54) is 30.4 Å². The number of aryl methyl sites for hydroxylation is 1. The van der Waals surface area contributed by atoms with Gasteiger partial charge in [-0.25, -0.2) is 18.2 Å². The van der Waals surface area contributed by atoms with Crippen LogP contribution >= 0.6 is 22.7 Å². The summed E-state index contributed by atoms with van der Waals surface area (Å²) < 4.78 is 32.2. The number of ether oxygens (including phenoxy) is 1. The molecule has 26 heavy (non-hydrogen) atoms. The predicted molar refractivity (Wildman–Crippen MR) is 102 cm³/mol. The van der Waals surface area contributed by atoms with Gasteiger partial charge in [0.25, 0.3) is 0 Å². The molecule has 0 aliphatic heterocycles. The van der Waals surface area contributed by atoms with E-state index < -0.39 is 22.0 Å². The molecule has 0 radical (unpaired) electrons. The minimum atomic E-state index is -3.81. The molecule has 0 amide bonds.